The number of hydrogen-bond acceptors (Lipinski definition) is 5. The van der Waals surface area contributed by atoms with Crippen molar-refractivity contribution in [2.24, 2.45) is 0 Å². The van der Waals surface area contributed by atoms with E-state index < -0.39 is 5.97 Å². The molecule has 0 amide bonds. The minimum Gasteiger partial charge on any atom is -0.460 e. The SMILES string of the molecule is CCOC(=O)c1cc(=O)c2cc(C(C)(C)C)cc(N)c2o1. The quantitative estimate of drug-likeness (QED) is 0.679. The van der Waals surface area contributed by atoms with Gasteiger partial charge in [-0.05, 0) is 30.0 Å². The molecule has 0 spiro atoms. The largest absolute Gasteiger partial charge is 0.460 e. The molecule has 0 aliphatic carbocycles. The highest BCUT2D eigenvalue weighted by Gasteiger charge is 2.19. The summed E-state index contributed by atoms with van der Waals surface area (Å²) in [4.78, 5) is 23.9. The van der Waals surface area contributed by atoms with E-state index in [4.69, 9.17) is 14.9 Å². The molecule has 0 radical (unpaired) electrons. The number of rotatable bonds is 2. The number of esters is 1. The van der Waals surface area contributed by atoms with Crippen LogP contribution in [0.3, 0.4) is 0 Å². The maximum absolute atomic E-state index is 12.2. The predicted octanol–water partition coefficient (Wildman–Crippen LogP) is 2.85. The van der Waals surface area contributed by atoms with Crippen molar-refractivity contribution < 1.29 is 13.9 Å². The normalized spacial score (nSPS) is 11.6. The van der Waals surface area contributed by atoms with Crippen LogP contribution >= 0.6 is 0 Å². The second-order valence-corrected chi connectivity index (χ2v) is 5.89. The molecular weight excluding hydrogens is 270 g/mol. The van der Waals surface area contributed by atoms with Gasteiger partial charge >= 0.3 is 5.97 Å². The lowest BCUT2D eigenvalue weighted by atomic mass is 9.86. The van der Waals surface area contributed by atoms with Crippen LogP contribution in [0.1, 0.15) is 43.8 Å². The zero-order valence-corrected chi connectivity index (χ0v) is 12.6. The van der Waals surface area contributed by atoms with Crippen molar-refractivity contribution in [3.63, 3.8) is 0 Å². The molecular formula is C16H19NO4. The van der Waals surface area contributed by atoms with Crippen LogP contribution in [0.2, 0.25) is 0 Å². The molecule has 2 aromatic rings. The van der Waals surface area contributed by atoms with Gasteiger partial charge in [-0.2, -0.15) is 0 Å². The van der Waals surface area contributed by atoms with Gasteiger partial charge in [-0.25, -0.2) is 4.79 Å². The molecule has 5 nitrogen and oxygen atoms in total. The molecule has 2 rings (SSSR count). The highest BCUT2D eigenvalue weighted by molar-refractivity contribution is 5.93. The Labute approximate surface area is 122 Å². The van der Waals surface area contributed by atoms with Crippen LogP contribution in [0.5, 0.6) is 0 Å². The average Bonchev–Trinajstić information content (AvgIpc) is 2.38. The number of fused-ring (bicyclic) bond motifs is 1. The van der Waals surface area contributed by atoms with Crippen molar-refractivity contribution in [3.05, 3.63) is 39.7 Å². The molecule has 0 atom stereocenters. The minimum absolute atomic E-state index is 0.135. The fourth-order valence-electron chi connectivity index (χ4n) is 2.02. The number of hydrogen-bond donors (Lipinski definition) is 1. The maximum atomic E-state index is 12.2. The smallest absolute Gasteiger partial charge is 0.374 e. The van der Waals surface area contributed by atoms with Gasteiger partial charge in [-0.1, -0.05) is 20.8 Å². The van der Waals surface area contributed by atoms with E-state index in [1.54, 1.807) is 19.1 Å². The van der Waals surface area contributed by atoms with Gasteiger partial charge in [0.15, 0.2) is 11.0 Å². The van der Waals surface area contributed by atoms with Crippen molar-refractivity contribution in [2.75, 3.05) is 12.3 Å². The van der Waals surface area contributed by atoms with E-state index in [1.165, 1.54) is 0 Å². The molecule has 0 aliphatic rings. The van der Waals surface area contributed by atoms with Gasteiger partial charge in [0.2, 0.25) is 5.76 Å². The van der Waals surface area contributed by atoms with Crippen LogP contribution in [0.4, 0.5) is 5.69 Å². The zero-order chi connectivity index (χ0) is 15.8. The standard InChI is InChI=1S/C16H19NO4/c1-5-20-15(19)13-8-12(18)10-6-9(16(2,3)4)7-11(17)14(10)21-13/h6-8H,5,17H2,1-4H3. The lowest BCUT2D eigenvalue weighted by molar-refractivity contribution is 0.0490. The first-order chi connectivity index (χ1) is 9.74. The van der Waals surface area contributed by atoms with E-state index in [2.05, 4.69) is 0 Å². The van der Waals surface area contributed by atoms with Crippen molar-refractivity contribution >= 4 is 22.6 Å². The topological polar surface area (TPSA) is 82.5 Å². The molecule has 0 bridgehead atoms. The number of benzene rings is 1. The van der Waals surface area contributed by atoms with Gasteiger partial charge in [0, 0.05) is 6.07 Å². The van der Waals surface area contributed by atoms with E-state index in [0.29, 0.717) is 11.1 Å². The Morgan fingerprint density at radius 2 is 1.95 bits per heavy atom. The van der Waals surface area contributed by atoms with Crippen molar-refractivity contribution in [3.8, 4) is 0 Å². The Bertz CT molecular complexity index is 753. The van der Waals surface area contributed by atoms with E-state index in [1.807, 2.05) is 20.8 Å². The summed E-state index contributed by atoms with van der Waals surface area (Å²) >= 11 is 0. The monoisotopic (exact) mass is 289 g/mol. The fraction of sp³-hybridized carbons (Fsp3) is 0.375. The Hall–Kier alpha value is -2.30. The molecule has 1 aromatic heterocycles. The summed E-state index contributed by atoms with van der Waals surface area (Å²) in [6.07, 6.45) is 0. The number of carbonyl (C=O) groups excluding carboxylic acids is 1. The summed E-state index contributed by atoms with van der Waals surface area (Å²) in [6.45, 7) is 7.98. The molecule has 112 valence electrons. The Kier molecular flexibility index (Phi) is 3.77. The van der Waals surface area contributed by atoms with Crippen molar-refractivity contribution in [2.45, 2.75) is 33.1 Å². The highest BCUT2D eigenvalue weighted by atomic mass is 16.5. The van der Waals surface area contributed by atoms with E-state index in [0.717, 1.165) is 11.6 Å². The third kappa shape index (κ3) is 2.91. The van der Waals surface area contributed by atoms with Crippen LogP contribution in [-0.4, -0.2) is 12.6 Å². The molecule has 21 heavy (non-hydrogen) atoms. The number of carbonyl (C=O) groups is 1. The Morgan fingerprint density at radius 3 is 2.52 bits per heavy atom. The van der Waals surface area contributed by atoms with Gasteiger partial charge in [0.05, 0.1) is 17.7 Å². The van der Waals surface area contributed by atoms with Gasteiger partial charge in [0.1, 0.15) is 0 Å². The first-order valence-electron chi connectivity index (χ1n) is 6.79. The molecule has 1 aromatic carbocycles. The summed E-state index contributed by atoms with van der Waals surface area (Å²) in [6, 6.07) is 4.67. The van der Waals surface area contributed by atoms with Crippen LogP contribution in [0, 0.1) is 0 Å². The lowest BCUT2D eigenvalue weighted by Gasteiger charge is -2.20. The average molecular weight is 289 g/mol. The summed E-state index contributed by atoms with van der Waals surface area (Å²) in [5.74, 6) is -0.805. The number of ether oxygens (including phenoxy) is 1. The van der Waals surface area contributed by atoms with Crippen LogP contribution in [-0.2, 0) is 10.2 Å². The fourth-order valence-corrected chi connectivity index (χ4v) is 2.02. The molecule has 2 N–H and O–H groups in total. The Balaban J connectivity index is 2.70. The molecule has 0 saturated heterocycles. The molecule has 0 saturated carbocycles. The summed E-state index contributed by atoms with van der Waals surface area (Å²) in [5, 5.41) is 0.368. The number of nitrogen functional groups attached to an aromatic ring is 1. The number of anilines is 1. The molecule has 0 fully saturated rings. The van der Waals surface area contributed by atoms with Crippen molar-refractivity contribution in [1.29, 1.82) is 0 Å². The van der Waals surface area contributed by atoms with E-state index >= 15 is 0 Å². The number of nitrogens with two attached hydrogens (primary N) is 1. The van der Waals surface area contributed by atoms with Gasteiger partial charge in [-0.15, -0.1) is 0 Å². The van der Waals surface area contributed by atoms with Gasteiger partial charge in [-0.3, -0.25) is 4.79 Å². The molecule has 1 heterocycles. The Morgan fingerprint density at radius 1 is 1.29 bits per heavy atom. The molecule has 0 aliphatic heterocycles. The van der Waals surface area contributed by atoms with E-state index in [-0.39, 0.29) is 28.8 Å². The molecule has 5 heteroatoms. The summed E-state index contributed by atoms with van der Waals surface area (Å²) in [7, 11) is 0. The summed E-state index contributed by atoms with van der Waals surface area (Å²) < 4.78 is 10.3. The second kappa shape index (κ2) is 5.24. The van der Waals surface area contributed by atoms with Crippen LogP contribution in [0.15, 0.2) is 27.4 Å². The van der Waals surface area contributed by atoms with E-state index in [9.17, 15) is 9.59 Å². The lowest BCUT2D eigenvalue weighted by Crippen LogP contribution is -2.14. The van der Waals surface area contributed by atoms with Gasteiger partial charge < -0.3 is 14.9 Å². The third-order valence-corrected chi connectivity index (χ3v) is 3.20. The predicted molar refractivity (Wildman–Crippen MR) is 81.6 cm³/mol. The zero-order valence-electron chi connectivity index (χ0n) is 12.6. The summed E-state index contributed by atoms with van der Waals surface area (Å²) in [5.41, 5.74) is 7.02. The van der Waals surface area contributed by atoms with Crippen LogP contribution < -0.4 is 11.2 Å². The first kappa shape index (κ1) is 15.1. The second-order valence-electron chi connectivity index (χ2n) is 5.89. The van der Waals surface area contributed by atoms with Crippen molar-refractivity contribution in [1.82, 2.24) is 0 Å². The van der Waals surface area contributed by atoms with Crippen LogP contribution in [0.25, 0.3) is 11.0 Å². The minimum atomic E-state index is -0.671. The maximum Gasteiger partial charge on any atom is 0.374 e. The third-order valence-electron chi connectivity index (χ3n) is 3.20. The first-order valence-corrected chi connectivity index (χ1v) is 6.79. The molecule has 0 unspecified atom stereocenters. The highest BCUT2D eigenvalue weighted by Crippen LogP contribution is 2.29. The van der Waals surface area contributed by atoms with Gasteiger partial charge in [0.25, 0.3) is 0 Å².